The molecule has 1 atom stereocenters. The van der Waals surface area contributed by atoms with Gasteiger partial charge in [0.2, 0.25) is 0 Å². The summed E-state index contributed by atoms with van der Waals surface area (Å²) in [4.78, 5) is 0.461. The molecule has 78 valence electrons. The molecule has 6 heteroatoms. The molecule has 14 heavy (non-hydrogen) atoms. The summed E-state index contributed by atoms with van der Waals surface area (Å²) >= 11 is 2.14. The first-order valence-corrected chi connectivity index (χ1v) is 5.06. The van der Waals surface area contributed by atoms with Gasteiger partial charge in [-0.2, -0.15) is 8.78 Å². The van der Waals surface area contributed by atoms with Crippen molar-refractivity contribution < 1.29 is 13.9 Å². The molecule has 1 aromatic rings. The minimum Gasteiger partial charge on any atom is -0.380 e. The molecule has 1 unspecified atom stereocenters. The third-order valence-electron chi connectivity index (χ3n) is 2.23. The maximum atomic E-state index is 12.8. The Bertz CT molecular complexity index is 332. The van der Waals surface area contributed by atoms with Gasteiger partial charge < -0.3 is 9.67 Å². The number of aliphatic hydroxyl groups is 1. The molecule has 3 nitrogen and oxygen atoms in total. The second-order valence-corrected chi connectivity index (χ2v) is 4.46. The summed E-state index contributed by atoms with van der Waals surface area (Å²) in [5.74, 6) is 0. The van der Waals surface area contributed by atoms with E-state index in [9.17, 15) is 13.9 Å². The Labute approximate surface area is 87.9 Å². The molecule has 2 rings (SSSR count). The van der Waals surface area contributed by atoms with Crippen LogP contribution in [-0.2, 0) is 0 Å². The standard InChI is InChI=1S/C8H9BrF2N2O/c9-8(10,11)7(14)6-3-12-4-13(6)5-1-2-5/h3-5,7,14H,1-2H2. The highest BCUT2D eigenvalue weighted by atomic mass is 79.9. The number of imidazole rings is 1. The molecule has 0 aliphatic heterocycles. The summed E-state index contributed by atoms with van der Waals surface area (Å²) < 4.78 is 27.1. The quantitative estimate of drug-likeness (QED) is 0.853. The van der Waals surface area contributed by atoms with E-state index in [0.29, 0.717) is 0 Å². The molecular weight excluding hydrogens is 258 g/mol. The lowest BCUT2D eigenvalue weighted by Gasteiger charge is -2.17. The van der Waals surface area contributed by atoms with E-state index >= 15 is 0 Å². The third kappa shape index (κ3) is 1.81. The highest BCUT2D eigenvalue weighted by Gasteiger charge is 2.40. The van der Waals surface area contributed by atoms with E-state index in [1.807, 2.05) is 0 Å². The van der Waals surface area contributed by atoms with Crippen molar-refractivity contribution in [1.82, 2.24) is 9.55 Å². The van der Waals surface area contributed by atoms with Gasteiger partial charge in [-0.25, -0.2) is 4.98 Å². The Hall–Kier alpha value is -0.490. The lowest BCUT2D eigenvalue weighted by Crippen LogP contribution is -2.21. The van der Waals surface area contributed by atoms with Gasteiger partial charge in [0, 0.05) is 6.04 Å². The average molecular weight is 267 g/mol. The Balaban J connectivity index is 2.26. The van der Waals surface area contributed by atoms with E-state index in [-0.39, 0.29) is 11.7 Å². The van der Waals surface area contributed by atoms with Crippen LogP contribution in [0.3, 0.4) is 0 Å². The number of alkyl halides is 3. The molecule has 0 bridgehead atoms. The van der Waals surface area contributed by atoms with Gasteiger partial charge in [-0.3, -0.25) is 0 Å². The first-order valence-electron chi connectivity index (χ1n) is 4.26. The average Bonchev–Trinajstić information content (AvgIpc) is 2.81. The molecule has 1 aromatic heterocycles. The van der Waals surface area contributed by atoms with Crippen LogP contribution in [-0.4, -0.2) is 19.5 Å². The van der Waals surface area contributed by atoms with Gasteiger partial charge in [0.25, 0.3) is 0 Å². The third-order valence-corrected chi connectivity index (χ3v) is 2.66. The van der Waals surface area contributed by atoms with E-state index in [1.165, 1.54) is 12.5 Å². The van der Waals surface area contributed by atoms with Crippen LogP contribution in [0, 0.1) is 0 Å². The first kappa shape index (κ1) is 10.0. The van der Waals surface area contributed by atoms with Crippen molar-refractivity contribution in [2.75, 3.05) is 0 Å². The van der Waals surface area contributed by atoms with Crippen molar-refractivity contribution in [3.05, 3.63) is 18.2 Å². The highest BCUT2D eigenvalue weighted by Crippen LogP contribution is 2.41. The van der Waals surface area contributed by atoms with Crippen LogP contribution in [0.2, 0.25) is 0 Å². The lowest BCUT2D eigenvalue weighted by molar-refractivity contribution is -0.0335. The SMILES string of the molecule is OC(c1cncn1C1CC1)C(F)(F)Br. The summed E-state index contributed by atoms with van der Waals surface area (Å²) in [6, 6.07) is 0.233. The molecule has 0 radical (unpaired) electrons. The predicted octanol–water partition coefficient (Wildman–Crippen LogP) is 2.24. The van der Waals surface area contributed by atoms with Crippen LogP contribution in [0.25, 0.3) is 0 Å². The predicted molar refractivity (Wildman–Crippen MR) is 49.3 cm³/mol. The molecule has 1 N–H and O–H groups in total. The molecule has 0 amide bonds. The van der Waals surface area contributed by atoms with Crippen molar-refractivity contribution in [2.45, 2.75) is 29.8 Å². The fourth-order valence-corrected chi connectivity index (χ4v) is 1.59. The van der Waals surface area contributed by atoms with Gasteiger partial charge in [-0.1, -0.05) is 0 Å². The van der Waals surface area contributed by atoms with E-state index in [4.69, 9.17) is 0 Å². The second kappa shape index (κ2) is 3.27. The lowest BCUT2D eigenvalue weighted by atomic mass is 10.3. The molecule has 1 fully saturated rings. The van der Waals surface area contributed by atoms with Crippen molar-refractivity contribution in [1.29, 1.82) is 0 Å². The van der Waals surface area contributed by atoms with Crippen LogP contribution in [0.15, 0.2) is 12.5 Å². The maximum Gasteiger partial charge on any atom is 0.332 e. The van der Waals surface area contributed by atoms with E-state index in [0.717, 1.165) is 12.8 Å². The normalized spacial score (nSPS) is 19.7. The fourth-order valence-electron chi connectivity index (χ4n) is 1.35. The van der Waals surface area contributed by atoms with Gasteiger partial charge in [-0.15, -0.1) is 0 Å². The molecule has 1 heterocycles. The van der Waals surface area contributed by atoms with Gasteiger partial charge in [0.1, 0.15) is 0 Å². The smallest absolute Gasteiger partial charge is 0.332 e. The molecule has 0 spiro atoms. The molecule has 0 saturated heterocycles. The monoisotopic (exact) mass is 266 g/mol. The summed E-state index contributed by atoms with van der Waals surface area (Å²) in [5, 5.41) is 9.35. The number of aromatic nitrogens is 2. The fraction of sp³-hybridized carbons (Fsp3) is 0.625. The number of halogens is 3. The zero-order chi connectivity index (χ0) is 10.3. The minimum absolute atomic E-state index is 0.161. The number of rotatable bonds is 3. The number of nitrogens with zero attached hydrogens (tertiary/aromatic N) is 2. The van der Waals surface area contributed by atoms with Crippen LogP contribution >= 0.6 is 15.9 Å². The van der Waals surface area contributed by atoms with Crippen molar-refractivity contribution in [2.24, 2.45) is 0 Å². The molecule has 1 saturated carbocycles. The van der Waals surface area contributed by atoms with Crippen LogP contribution in [0.1, 0.15) is 30.7 Å². The van der Waals surface area contributed by atoms with Crippen LogP contribution in [0.5, 0.6) is 0 Å². The van der Waals surface area contributed by atoms with Crippen molar-refractivity contribution in [3.63, 3.8) is 0 Å². The summed E-state index contributed by atoms with van der Waals surface area (Å²) in [6.07, 6.45) is 2.84. The van der Waals surface area contributed by atoms with Crippen molar-refractivity contribution >= 4 is 15.9 Å². The second-order valence-electron chi connectivity index (χ2n) is 3.40. The number of hydrogen-bond donors (Lipinski definition) is 1. The van der Waals surface area contributed by atoms with Gasteiger partial charge in [0.05, 0.1) is 18.2 Å². The topological polar surface area (TPSA) is 38.1 Å². The first-order chi connectivity index (χ1) is 6.50. The Morgan fingerprint density at radius 2 is 2.29 bits per heavy atom. The minimum atomic E-state index is -3.31. The summed E-state index contributed by atoms with van der Waals surface area (Å²) in [5.41, 5.74) is 0.161. The van der Waals surface area contributed by atoms with Gasteiger partial charge in [0.15, 0.2) is 6.10 Å². The number of aliphatic hydroxyl groups excluding tert-OH is 1. The van der Waals surface area contributed by atoms with E-state index in [2.05, 4.69) is 20.9 Å². The van der Waals surface area contributed by atoms with Crippen molar-refractivity contribution in [3.8, 4) is 0 Å². The molecular formula is C8H9BrF2N2O. The Morgan fingerprint density at radius 1 is 1.64 bits per heavy atom. The molecule has 1 aliphatic carbocycles. The molecule has 1 aliphatic rings. The van der Waals surface area contributed by atoms with Gasteiger partial charge >= 0.3 is 4.83 Å². The number of hydrogen-bond acceptors (Lipinski definition) is 2. The maximum absolute atomic E-state index is 12.8. The summed E-state index contributed by atoms with van der Waals surface area (Å²) in [7, 11) is 0. The van der Waals surface area contributed by atoms with Crippen LogP contribution in [0.4, 0.5) is 8.78 Å². The Kier molecular flexibility index (Phi) is 2.35. The van der Waals surface area contributed by atoms with Crippen LogP contribution < -0.4 is 0 Å². The Morgan fingerprint density at radius 3 is 2.79 bits per heavy atom. The van der Waals surface area contributed by atoms with E-state index in [1.54, 1.807) is 4.57 Å². The largest absolute Gasteiger partial charge is 0.380 e. The molecule has 0 aromatic carbocycles. The highest BCUT2D eigenvalue weighted by molar-refractivity contribution is 9.10. The summed E-state index contributed by atoms with van der Waals surface area (Å²) in [6.45, 7) is 0. The van der Waals surface area contributed by atoms with Gasteiger partial charge in [-0.05, 0) is 28.8 Å². The van der Waals surface area contributed by atoms with E-state index < -0.39 is 10.9 Å². The zero-order valence-corrected chi connectivity index (χ0v) is 8.79. The zero-order valence-electron chi connectivity index (χ0n) is 7.20.